The topological polar surface area (TPSA) is 89.9 Å². The second-order valence-corrected chi connectivity index (χ2v) is 4.96. The summed E-state index contributed by atoms with van der Waals surface area (Å²) in [5, 5.41) is 20.7. The van der Waals surface area contributed by atoms with E-state index in [0.717, 1.165) is 0 Å². The summed E-state index contributed by atoms with van der Waals surface area (Å²) in [7, 11) is 1.54. The van der Waals surface area contributed by atoms with Crippen molar-refractivity contribution in [3.05, 3.63) is 24.3 Å². The van der Waals surface area contributed by atoms with E-state index in [1.54, 1.807) is 33.0 Å². The number of amides is 2. The molecule has 0 saturated heterocycles. The number of carbonyl (C=O) groups is 2. The molecule has 0 aliphatic carbocycles. The first kappa shape index (κ1) is 14.8. The van der Waals surface area contributed by atoms with Crippen molar-refractivity contribution in [2.24, 2.45) is 0 Å². The fraction of sp³-hybridized carbons (Fsp3) is 0.385. The van der Waals surface area contributed by atoms with Crippen molar-refractivity contribution in [1.29, 1.82) is 0 Å². The summed E-state index contributed by atoms with van der Waals surface area (Å²) in [6, 6.07) is 5.81. The molecule has 0 aromatic heterocycles. The fourth-order valence-electron chi connectivity index (χ4n) is 1.61. The number of nitrogens with one attached hydrogen (secondary N) is 1. The summed E-state index contributed by atoms with van der Waals surface area (Å²) in [6.07, 6.45) is -0.174. The predicted molar refractivity (Wildman–Crippen MR) is 71.4 cm³/mol. The molecule has 0 heterocycles. The van der Waals surface area contributed by atoms with Gasteiger partial charge in [0, 0.05) is 24.3 Å². The number of phenols is 1. The van der Waals surface area contributed by atoms with Gasteiger partial charge in [-0.2, -0.15) is 0 Å². The Hall–Kier alpha value is -2.24. The molecule has 6 nitrogen and oxygen atoms in total. The van der Waals surface area contributed by atoms with Crippen molar-refractivity contribution < 1.29 is 19.8 Å². The van der Waals surface area contributed by atoms with Crippen molar-refractivity contribution >= 4 is 17.7 Å². The molecular weight excluding hydrogens is 248 g/mol. The van der Waals surface area contributed by atoms with Crippen LogP contribution in [0.4, 0.5) is 10.5 Å². The van der Waals surface area contributed by atoms with Crippen LogP contribution < -0.4 is 10.2 Å². The van der Waals surface area contributed by atoms with Crippen LogP contribution in [0, 0.1) is 0 Å². The zero-order valence-corrected chi connectivity index (χ0v) is 11.2. The van der Waals surface area contributed by atoms with Crippen LogP contribution in [0.1, 0.15) is 20.3 Å². The lowest BCUT2D eigenvalue weighted by Gasteiger charge is -2.28. The smallest absolute Gasteiger partial charge is 0.322 e. The number of urea groups is 1. The number of aromatic hydroxyl groups is 1. The molecule has 1 aromatic rings. The molecule has 0 aliphatic rings. The van der Waals surface area contributed by atoms with Crippen molar-refractivity contribution in [3.8, 4) is 5.75 Å². The van der Waals surface area contributed by atoms with E-state index in [9.17, 15) is 14.7 Å². The number of phenolic OH excluding ortho intramolecular Hbond substituents is 1. The highest BCUT2D eigenvalue weighted by molar-refractivity contribution is 5.92. The largest absolute Gasteiger partial charge is 0.508 e. The van der Waals surface area contributed by atoms with E-state index in [-0.39, 0.29) is 12.2 Å². The Morgan fingerprint density at radius 1 is 1.37 bits per heavy atom. The molecule has 0 bridgehead atoms. The number of anilines is 1. The zero-order valence-electron chi connectivity index (χ0n) is 11.2. The van der Waals surface area contributed by atoms with Crippen molar-refractivity contribution in [3.63, 3.8) is 0 Å². The minimum Gasteiger partial charge on any atom is -0.508 e. The Balaban J connectivity index is 2.75. The molecule has 1 aromatic carbocycles. The van der Waals surface area contributed by atoms with E-state index in [4.69, 9.17) is 5.11 Å². The summed E-state index contributed by atoms with van der Waals surface area (Å²) >= 11 is 0. The van der Waals surface area contributed by atoms with Gasteiger partial charge in [0.2, 0.25) is 0 Å². The normalized spacial score (nSPS) is 10.9. The Bertz CT molecular complexity index is 485. The number of aliphatic carboxylic acids is 1. The van der Waals surface area contributed by atoms with Crippen LogP contribution in [-0.2, 0) is 4.79 Å². The number of carbonyl (C=O) groups excluding carboxylic acids is 1. The number of benzene rings is 1. The maximum absolute atomic E-state index is 12.0. The molecule has 0 radical (unpaired) electrons. The van der Waals surface area contributed by atoms with Gasteiger partial charge in [-0.15, -0.1) is 0 Å². The molecule has 0 unspecified atom stereocenters. The van der Waals surface area contributed by atoms with Crippen LogP contribution in [0.25, 0.3) is 0 Å². The highest BCUT2D eigenvalue weighted by Gasteiger charge is 2.25. The minimum absolute atomic E-state index is 0.0574. The maximum Gasteiger partial charge on any atom is 0.322 e. The van der Waals surface area contributed by atoms with Gasteiger partial charge in [0.1, 0.15) is 5.75 Å². The highest BCUT2D eigenvalue weighted by Crippen LogP contribution is 2.19. The molecule has 104 valence electrons. The molecule has 6 heteroatoms. The Kier molecular flexibility index (Phi) is 4.37. The van der Waals surface area contributed by atoms with Crippen molar-refractivity contribution in [1.82, 2.24) is 5.32 Å². The highest BCUT2D eigenvalue weighted by atomic mass is 16.4. The molecule has 2 amide bonds. The molecule has 0 spiro atoms. The first-order chi connectivity index (χ1) is 8.71. The van der Waals surface area contributed by atoms with Crippen molar-refractivity contribution in [2.45, 2.75) is 25.8 Å². The maximum atomic E-state index is 12.0. The summed E-state index contributed by atoms with van der Waals surface area (Å²) in [6.45, 7) is 3.27. The van der Waals surface area contributed by atoms with Gasteiger partial charge in [-0.25, -0.2) is 4.79 Å². The Morgan fingerprint density at radius 3 is 2.53 bits per heavy atom. The van der Waals surface area contributed by atoms with Crippen LogP contribution in [0.5, 0.6) is 5.75 Å². The van der Waals surface area contributed by atoms with E-state index in [0.29, 0.717) is 5.69 Å². The van der Waals surface area contributed by atoms with Crippen molar-refractivity contribution in [2.75, 3.05) is 11.9 Å². The van der Waals surface area contributed by atoms with Gasteiger partial charge in [0.25, 0.3) is 0 Å². The van der Waals surface area contributed by atoms with Gasteiger partial charge in [-0.05, 0) is 26.0 Å². The Morgan fingerprint density at radius 2 is 2.00 bits per heavy atom. The van der Waals surface area contributed by atoms with E-state index in [2.05, 4.69) is 5.32 Å². The Labute approximate surface area is 111 Å². The van der Waals surface area contributed by atoms with Gasteiger partial charge in [-0.1, -0.05) is 6.07 Å². The number of hydrogen-bond acceptors (Lipinski definition) is 3. The second-order valence-electron chi connectivity index (χ2n) is 4.96. The molecule has 0 fully saturated rings. The van der Waals surface area contributed by atoms with E-state index >= 15 is 0 Å². The first-order valence-corrected chi connectivity index (χ1v) is 5.78. The summed E-state index contributed by atoms with van der Waals surface area (Å²) < 4.78 is 0. The minimum atomic E-state index is -0.981. The first-order valence-electron chi connectivity index (χ1n) is 5.78. The third-order valence-corrected chi connectivity index (χ3v) is 2.56. The van der Waals surface area contributed by atoms with Gasteiger partial charge in [0.05, 0.1) is 6.42 Å². The lowest BCUT2D eigenvalue weighted by atomic mass is 10.0. The van der Waals surface area contributed by atoms with E-state index in [1.165, 1.54) is 17.0 Å². The second kappa shape index (κ2) is 5.60. The number of nitrogens with zero attached hydrogens (tertiary/aromatic N) is 1. The standard InChI is InChI=1S/C13H18N2O4/c1-13(2,8-11(17)18)14-12(19)15(3)9-5-4-6-10(16)7-9/h4-7,16H,8H2,1-3H3,(H,14,19)(H,17,18). The quantitative estimate of drug-likeness (QED) is 0.775. The summed E-state index contributed by atoms with van der Waals surface area (Å²) in [4.78, 5) is 24.0. The van der Waals surface area contributed by atoms with Gasteiger partial charge < -0.3 is 15.5 Å². The molecule has 1 rings (SSSR count). The van der Waals surface area contributed by atoms with Crippen LogP contribution in [0.2, 0.25) is 0 Å². The summed E-state index contributed by atoms with van der Waals surface area (Å²) in [5.74, 6) is -0.924. The average molecular weight is 266 g/mol. The number of rotatable bonds is 4. The van der Waals surface area contributed by atoms with E-state index < -0.39 is 17.5 Å². The summed E-state index contributed by atoms with van der Waals surface area (Å²) in [5.41, 5.74) is -0.336. The number of hydrogen-bond donors (Lipinski definition) is 3. The van der Waals surface area contributed by atoms with Crippen LogP contribution in [0.15, 0.2) is 24.3 Å². The number of carboxylic acid groups (broad SMARTS) is 1. The molecule has 0 atom stereocenters. The number of carboxylic acids is 1. The lowest BCUT2D eigenvalue weighted by molar-refractivity contribution is -0.138. The van der Waals surface area contributed by atoms with Crippen LogP contribution in [0.3, 0.4) is 0 Å². The molecule has 3 N–H and O–H groups in total. The monoisotopic (exact) mass is 266 g/mol. The van der Waals surface area contributed by atoms with E-state index in [1.807, 2.05) is 0 Å². The molecule has 0 saturated carbocycles. The molecular formula is C13H18N2O4. The third kappa shape index (κ3) is 4.50. The van der Waals surface area contributed by atoms with Crippen LogP contribution in [-0.4, -0.2) is 34.8 Å². The van der Waals surface area contributed by atoms with Gasteiger partial charge in [0.15, 0.2) is 0 Å². The average Bonchev–Trinajstić information content (AvgIpc) is 2.25. The van der Waals surface area contributed by atoms with Crippen LogP contribution >= 0.6 is 0 Å². The SMILES string of the molecule is CN(C(=O)NC(C)(C)CC(=O)O)c1cccc(O)c1. The van der Waals surface area contributed by atoms with Gasteiger partial charge in [-0.3, -0.25) is 9.69 Å². The van der Waals surface area contributed by atoms with Gasteiger partial charge >= 0.3 is 12.0 Å². The molecule has 19 heavy (non-hydrogen) atoms. The zero-order chi connectivity index (χ0) is 14.6. The lowest BCUT2D eigenvalue weighted by Crippen LogP contribution is -2.50. The molecule has 0 aliphatic heterocycles. The predicted octanol–water partition coefficient (Wildman–Crippen LogP) is 1.79. The third-order valence-electron chi connectivity index (χ3n) is 2.56. The fourth-order valence-corrected chi connectivity index (χ4v) is 1.61.